The van der Waals surface area contributed by atoms with Crippen molar-refractivity contribution < 1.29 is 8.78 Å². The molecule has 1 aromatic heterocycles. The number of hydrogen-bond acceptors (Lipinski definition) is 2. The van der Waals surface area contributed by atoms with Gasteiger partial charge in [-0.2, -0.15) is 0 Å². The first kappa shape index (κ1) is 13.9. The predicted octanol–water partition coefficient (Wildman–Crippen LogP) is 4.12. The molecule has 0 saturated heterocycles. The molecule has 20 heavy (non-hydrogen) atoms. The largest absolute Gasteiger partial charge is 0.305 e. The van der Waals surface area contributed by atoms with E-state index in [1.807, 2.05) is 0 Å². The van der Waals surface area contributed by atoms with Crippen LogP contribution in [0.4, 0.5) is 8.78 Å². The molecule has 0 amide bonds. The first-order valence-electron chi connectivity index (χ1n) is 5.92. The lowest BCUT2D eigenvalue weighted by atomic mass is 10.2. The number of halogens is 4. The highest BCUT2D eigenvalue weighted by molar-refractivity contribution is 9.10. The summed E-state index contributed by atoms with van der Waals surface area (Å²) in [5.74, 6) is -1.47. The van der Waals surface area contributed by atoms with Crippen molar-refractivity contribution in [3.63, 3.8) is 0 Å². The molecule has 7 heteroatoms. The molecular weight excluding hydrogens is 398 g/mol. The van der Waals surface area contributed by atoms with Gasteiger partial charge < -0.3 is 4.98 Å². The molecule has 0 aliphatic heterocycles. The second-order valence-corrected chi connectivity index (χ2v) is 6.20. The summed E-state index contributed by atoms with van der Waals surface area (Å²) >= 11 is 6.22. The van der Waals surface area contributed by atoms with Gasteiger partial charge in [0.05, 0.1) is 10.2 Å². The summed E-state index contributed by atoms with van der Waals surface area (Å²) in [5.41, 5.74) is 0.657. The van der Waals surface area contributed by atoms with Crippen molar-refractivity contribution >= 4 is 31.9 Å². The van der Waals surface area contributed by atoms with Gasteiger partial charge >= 0.3 is 0 Å². The van der Waals surface area contributed by atoms with Crippen LogP contribution in [0.3, 0.4) is 0 Å². The Balaban J connectivity index is 2.20. The van der Waals surface area contributed by atoms with Crippen molar-refractivity contribution in [3.8, 4) is 11.4 Å². The Labute approximate surface area is 129 Å². The van der Waals surface area contributed by atoms with Crippen LogP contribution in [0.25, 0.3) is 11.4 Å². The second kappa shape index (κ2) is 5.04. The number of nitrogens with zero attached hydrogens (tertiary/aromatic N) is 1. The van der Waals surface area contributed by atoms with Gasteiger partial charge in [-0.15, -0.1) is 0 Å². The highest BCUT2D eigenvalue weighted by atomic mass is 79.9. The Morgan fingerprint density at radius 3 is 2.55 bits per heavy atom. The Hall–Kier alpha value is -1.08. The minimum absolute atomic E-state index is 0.0512. The number of hydrogen-bond donors (Lipinski definition) is 1. The molecule has 0 radical (unpaired) electrons. The monoisotopic (exact) mass is 404 g/mol. The van der Waals surface area contributed by atoms with Crippen molar-refractivity contribution in [2.24, 2.45) is 0 Å². The van der Waals surface area contributed by atoms with E-state index in [1.54, 1.807) is 0 Å². The third kappa shape index (κ3) is 2.33. The zero-order chi connectivity index (χ0) is 14.4. The maximum Gasteiger partial charge on any atom is 0.265 e. The molecule has 1 aliphatic rings. The number of aromatic amines is 1. The Kier molecular flexibility index (Phi) is 3.50. The molecule has 0 unspecified atom stereocenters. The lowest BCUT2D eigenvalue weighted by molar-refractivity contribution is 0.504. The van der Waals surface area contributed by atoms with Gasteiger partial charge in [-0.05, 0) is 56.8 Å². The molecule has 3 nitrogen and oxygen atoms in total. The molecular formula is C13H8Br2F2N2O. The average Bonchev–Trinajstić information content (AvgIpc) is 3.24. The van der Waals surface area contributed by atoms with Crippen LogP contribution in [0, 0.1) is 11.6 Å². The quantitative estimate of drug-likeness (QED) is 0.764. The third-order valence-electron chi connectivity index (χ3n) is 3.14. The highest BCUT2D eigenvalue weighted by Crippen LogP contribution is 2.42. The first-order chi connectivity index (χ1) is 9.49. The molecule has 2 aromatic rings. The summed E-state index contributed by atoms with van der Waals surface area (Å²) in [6, 6.07) is 2.39. The molecule has 104 valence electrons. The van der Waals surface area contributed by atoms with Crippen molar-refractivity contribution in [1.29, 1.82) is 0 Å². The topological polar surface area (TPSA) is 45.8 Å². The summed E-state index contributed by atoms with van der Waals surface area (Å²) in [4.78, 5) is 18.8. The summed E-state index contributed by atoms with van der Waals surface area (Å²) in [5, 5.41) is 0. The number of nitrogens with one attached hydrogen (secondary N) is 1. The molecule has 1 fully saturated rings. The fourth-order valence-electron chi connectivity index (χ4n) is 1.94. The highest BCUT2D eigenvalue weighted by Gasteiger charge is 2.29. The molecule has 1 N–H and O–H groups in total. The van der Waals surface area contributed by atoms with E-state index in [0.717, 1.165) is 18.9 Å². The summed E-state index contributed by atoms with van der Waals surface area (Å²) in [6.45, 7) is 0. The normalized spacial score (nSPS) is 14.6. The van der Waals surface area contributed by atoms with Gasteiger partial charge in [0.15, 0.2) is 11.6 Å². The Morgan fingerprint density at radius 2 is 1.90 bits per heavy atom. The smallest absolute Gasteiger partial charge is 0.265 e. The van der Waals surface area contributed by atoms with Crippen LogP contribution in [0.1, 0.15) is 24.5 Å². The molecule has 1 aromatic carbocycles. The van der Waals surface area contributed by atoms with E-state index in [0.29, 0.717) is 15.7 Å². The molecule has 3 rings (SSSR count). The molecule has 1 aliphatic carbocycles. The zero-order valence-electron chi connectivity index (χ0n) is 10.0. The summed E-state index contributed by atoms with van der Waals surface area (Å²) in [7, 11) is 0. The lowest BCUT2D eigenvalue weighted by Gasteiger charge is -2.08. The molecule has 1 heterocycles. The second-order valence-electron chi connectivity index (χ2n) is 4.61. The maximum atomic E-state index is 13.6. The van der Waals surface area contributed by atoms with Gasteiger partial charge in [-0.3, -0.25) is 4.79 Å². The van der Waals surface area contributed by atoms with E-state index in [4.69, 9.17) is 0 Å². The fourth-order valence-corrected chi connectivity index (χ4v) is 2.96. The van der Waals surface area contributed by atoms with Gasteiger partial charge in [-0.1, -0.05) is 0 Å². The van der Waals surface area contributed by atoms with E-state index >= 15 is 0 Å². The number of rotatable bonds is 2. The first-order valence-corrected chi connectivity index (χ1v) is 7.51. The summed E-state index contributed by atoms with van der Waals surface area (Å²) < 4.78 is 27.1. The predicted molar refractivity (Wildman–Crippen MR) is 77.6 cm³/mol. The van der Waals surface area contributed by atoms with Crippen molar-refractivity contribution in [2.45, 2.75) is 18.8 Å². The fraction of sp³-hybridized carbons (Fsp3) is 0.231. The molecule has 0 spiro atoms. The maximum absolute atomic E-state index is 13.6. The van der Waals surface area contributed by atoms with Crippen molar-refractivity contribution in [1.82, 2.24) is 9.97 Å². The SMILES string of the molecule is O=c1[nH]c(-c2ccc(F)c(F)c2Br)nc(C2CC2)c1Br. The van der Waals surface area contributed by atoms with Gasteiger partial charge in [0.25, 0.3) is 5.56 Å². The van der Waals surface area contributed by atoms with Crippen LogP contribution < -0.4 is 5.56 Å². The lowest BCUT2D eigenvalue weighted by Crippen LogP contribution is -2.13. The average molecular weight is 406 g/mol. The van der Waals surface area contributed by atoms with Gasteiger partial charge in [-0.25, -0.2) is 13.8 Å². The molecule has 1 saturated carbocycles. The Morgan fingerprint density at radius 1 is 1.20 bits per heavy atom. The van der Waals surface area contributed by atoms with E-state index in [9.17, 15) is 13.6 Å². The van der Waals surface area contributed by atoms with Crippen molar-refractivity contribution in [3.05, 3.63) is 48.8 Å². The van der Waals surface area contributed by atoms with Gasteiger partial charge in [0.2, 0.25) is 0 Å². The van der Waals surface area contributed by atoms with Gasteiger partial charge in [0, 0.05) is 11.5 Å². The Bertz CT molecular complexity index is 757. The van der Waals surface area contributed by atoms with Crippen LogP contribution in [-0.2, 0) is 0 Å². The van der Waals surface area contributed by atoms with Crippen LogP contribution >= 0.6 is 31.9 Å². The van der Waals surface area contributed by atoms with E-state index in [1.165, 1.54) is 6.07 Å². The number of aromatic nitrogens is 2. The van der Waals surface area contributed by atoms with Gasteiger partial charge in [0.1, 0.15) is 10.3 Å². The van der Waals surface area contributed by atoms with Crippen LogP contribution in [-0.4, -0.2) is 9.97 Å². The van der Waals surface area contributed by atoms with Crippen LogP contribution in [0.2, 0.25) is 0 Å². The minimum Gasteiger partial charge on any atom is -0.305 e. The van der Waals surface area contributed by atoms with Crippen molar-refractivity contribution in [2.75, 3.05) is 0 Å². The number of H-pyrrole nitrogens is 1. The van der Waals surface area contributed by atoms with Crippen LogP contribution in [0.5, 0.6) is 0 Å². The standard InChI is InChI=1S/C13H8Br2F2N2O/c14-8-6(3-4-7(16)10(8)17)12-18-11(5-1-2-5)9(15)13(20)19-12/h3-5H,1-2H2,(H,18,19,20). The van der Waals surface area contributed by atoms with Crippen LogP contribution in [0.15, 0.2) is 25.9 Å². The zero-order valence-corrected chi connectivity index (χ0v) is 13.2. The van der Waals surface area contributed by atoms with E-state index in [2.05, 4.69) is 41.8 Å². The third-order valence-corrected chi connectivity index (χ3v) is 4.68. The summed E-state index contributed by atoms with van der Waals surface area (Å²) in [6.07, 6.45) is 1.96. The number of benzene rings is 1. The minimum atomic E-state index is -0.999. The molecule has 0 atom stereocenters. The van der Waals surface area contributed by atoms with E-state index < -0.39 is 11.6 Å². The van der Waals surface area contributed by atoms with E-state index in [-0.39, 0.29) is 21.8 Å². The molecule has 0 bridgehead atoms.